The minimum Gasteiger partial charge on any atom is -0.0654 e. The summed E-state index contributed by atoms with van der Waals surface area (Å²) < 4.78 is 0. The minimum absolute atomic E-state index is 0.134. The Hall–Kier alpha value is -1.56. The number of hydrogen-bond donors (Lipinski definition) is 0. The molecule has 2 aromatic rings. The van der Waals surface area contributed by atoms with E-state index in [1.54, 1.807) is 11.1 Å². The van der Waals surface area contributed by atoms with Crippen LogP contribution >= 0.6 is 0 Å². The van der Waals surface area contributed by atoms with Crippen LogP contribution in [0.5, 0.6) is 0 Å². The summed E-state index contributed by atoms with van der Waals surface area (Å²) in [6.45, 7) is 6.98. The Morgan fingerprint density at radius 2 is 0.690 bits per heavy atom. The van der Waals surface area contributed by atoms with Crippen LogP contribution in [0.3, 0.4) is 0 Å². The van der Waals surface area contributed by atoms with Gasteiger partial charge in [0.2, 0.25) is 0 Å². The lowest BCUT2D eigenvalue weighted by Gasteiger charge is -2.43. The Kier molecular flexibility index (Phi) is 21.7. The van der Waals surface area contributed by atoms with E-state index in [1.165, 1.54) is 161 Å². The van der Waals surface area contributed by atoms with Crippen molar-refractivity contribution in [2.75, 3.05) is 0 Å². The van der Waals surface area contributed by atoms with E-state index in [4.69, 9.17) is 0 Å². The first-order valence-electron chi connectivity index (χ1n) is 18.9. The summed E-state index contributed by atoms with van der Waals surface area (Å²) in [7, 11) is 0. The van der Waals surface area contributed by atoms with Crippen LogP contribution < -0.4 is 0 Å². The van der Waals surface area contributed by atoms with Crippen LogP contribution in [0.2, 0.25) is 0 Å². The molecule has 238 valence electrons. The van der Waals surface area contributed by atoms with Gasteiger partial charge < -0.3 is 0 Å². The molecule has 2 rings (SSSR count). The summed E-state index contributed by atoms with van der Waals surface area (Å²) in [6, 6.07) is 23.5. The maximum absolute atomic E-state index is 2.47. The fourth-order valence-electron chi connectivity index (χ4n) is 7.47. The summed E-state index contributed by atoms with van der Waals surface area (Å²) in [5, 5.41) is 0. The Bertz CT molecular complexity index is 782. The zero-order chi connectivity index (χ0) is 30.0. The highest BCUT2D eigenvalue weighted by Crippen LogP contribution is 2.48. The minimum atomic E-state index is 0.134. The molecule has 0 radical (unpaired) electrons. The first-order valence-corrected chi connectivity index (χ1v) is 18.9. The monoisotopic (exact) mass is 575 g/mol. The molecule has 0 aliphatic carbocycles. The van der Waals surface area contributed by atoms with Gasteiger partial charge in [0, 0.05) is 5.41 Å². The molecule has 0 spiro atoms. The third-order valence-corrected chi connectivity index (χ3v) is 10.0. The molecule has 0 bridgehead atoms. The van der Waals surface area contributed by atoms with E-state index in [1.807, 2.05) is 0 Å². The van der Waals surface area contributed by atoms with Crippen LogP contribution in [0, 0.1) is 5.92 Å². The summed E-state index contributed by atoms with van der Waals surface area (Å²) in [4.78, 5) is 0. The fourth-order valence-corrected chi connectivity index (χ4v) is 7.47. The van der Waals surface area contributed by atoms with Gasteiger partial charge in [0.25, 0.3) is 0 Å². The number of benzene rings is 2. The van der Waals surface area contributed by atoms with Gasteiger partial charge in [0.1, 0.15) is 0 Å². The average molecular weight is 575 g/mol. The standard InChI is InChI=1S/C42H70/c1-4-7-10-13-16-18-21-26-33-39(32-25-20-17-14-11-8-5-2)42(40-34-27-23-28-35-40,41-36-29-24-30-37-41)38-31-22-19-15-12-9-6-3/h23-24,27-30,34-37,39H,4-22,25-26,31-33,38H2,1-3H3. The molecule has 0 nitrogen and oxygen atoms in total. The highest BCUT2D eigenvalue weighted by Gasteiger charge is 2.40. The van der Waals surface area contributed by atoms with Gasteiger partial charge in [0.05, 0.1) is 0 Å². The molecule has 1 atom stereocenters. The summed E-state index contributed by atoms with van der Waals surface area (Å²) in [5.41, 5.74) is 3.29. The van der Waals surface area contributed by atoms with Gasteiger partial charge in [-0.25, -0.2) is 0 Å². The van der Waals surface area contributed by atoms with Crippen molar-refractivity contribution >= 4 is 0 Å². The van der Waals surface area contributed by atoms with Crippen molar-refractivity contribution < 1.29 is 0 Å². The smallest absolute Gasteiger partial charge is 0.0231 e. The first kappa shape index (κ1) is 36.6. The van der Waals surface area contributed by atoms with Gasteiger partial charge in [-0.2, -0.15) is 0 Å². The second kappa shape index (κ2) is 24.8. The second-order valence-corrected chi connectivity index (χ2v) is 13.4. The predicted molar refractivity (Wildman–Crippen MR) is 190 cm³/mol. The molecule has 0 aromatic heterocycles. The van der Waals surface area contributed by atoms with E-state index >= 15 is 0 Å². The van der Waals surface area contributed by atoms with Gasteiger partial charge in [-0.1, -0.05) is 223 Å². The molecule has 0 fully saturated rings. The van der Waals surface area contributed by atoms with Crippen molar-refractivity contribution in [1.82, 2.24) is 0 Å². The van der Waals surface area contributed by atoms with Crippen molar-refractivity contribution in [2.24, 2.45) is 5.92 Å². The molecule has 0 N–H and O–H groups in total. The molecule has 0 amide bonds. The van der Waals surface area contributed by atoms with E-state index in [0.29, 0.717) is 0 Å². The lowest BCUT2D eigenvalue weighted by atomic mass is 9.60. The van der Waals surface area contributed by atoms with Crippen LogP contribution in [0.1, 0.15) is 192 Å². The number of hydrogen-bond acceptors (Lipinski definition) is 0. The van der Waals surface area contributed by atoms with Gasteiger partial charge in [-0.15, -0.1) is 0 Å². The van der Waals surface area contributed by atoms with Gasteiger partial charge in [-0.3, -0.25) is 0 Å². The van der Waals surface area contributed by atoms with Gasteiger partial charge in [-0.05, 0) is 36.3 Å². The molecular weight excluding hydrogens is 504 g/mol. The van der Waals surface area contributed by atoms with Crippen molar-refractivity contribution in [3.8, 4) is 0 Å². The fraction of sp³-hybridized carbons (Fsp3) is 0.714. The van der Waals surface area contributed by atoms with Gasteiger partial charge >= 0.3 is 0 Å². The summed E-state index contributed by atoms with van der Waals surface area (Å²) in [5.74, 6) is 0.720. The zero-order valence-corrected chi connectivity index (χ0v) is 28.5. The third-order valence-electron chi connectivity index (χ3n) is 10.0. The molecule has 0 saturated heterocycles. The van der Waals surface area contributed by atoms with Gasteiger partial charge in [0.15, 0.2) is 0 Å². The van der Waals surface area contributed by atoms with E-state index in [0.717, 1.165) is 5.92 Å². The van der Waals surface area contributed by atoms with Crippen LogP contribution in [0.15, 0.2) is 60.7 Å². The maximum Gasteiger partial charge on any atom is 0.0231 e. The van der Waals surface area contributed by atoms with Crippen molar-refractivity contribution in [1.29, 1.82) is 0 Å². The molecule has 0 saturated carbocycles. The van der Waals surface area contributed by atoms with E-state index in [9.17, 15) is 0 Å². The lowest BCUT2D eigenvalue weighted by molar-refractivity contribution is 0.244. The molecule has 2 aromatic carbocycles. The molecule has 0 aliphatic heterocycles. The molecule has 0 heterocycles. The summed E-state index contributed by atoms with van der Waals surface area (Å²) in [6.07, 6.45) is 34.9. The predicted octanol–water partition coefficient (Wildman–Crippen LogP) is 14.4. The Morgan fingerprint density at radius 3 is 1.05 bits per heavy atom. The van der Waals surface area contributed by atoms with Crippen molar-refractivity contribution in [2.45, 2.75) is 187 Å². The molecular formula is C42H70. The second-order valence-electron chi connectivity index (χ2n) is 13.4. The molecule has 0 aliphatic rings. The van der Waals surface area contributed by atoms with Crippen LogP contribution in [-0.2, 0) is 5.41 Å². The summed E-state index contributed by atoms with van der Waals surface area (Å²) >= 11 is 0. The van der Waals surface area contributed by atoms with E-state index in [2.05, 4.69) is 81.4 Å². The largest absolute Gasteiger partial charge is 0.0654 e. The van der Waals surface area contributed by atoms with E-state index in [-0.39, 0.29) is 5.41 Å². The van der Waals surface area contributed by atoms with E-state index < -0.39 is 0 Å². The average Bonchev–Trinajstić information content (AvgIpc) is 3.03. The third kappa shape index (κ3) is 14.3. The number of unbranched alkanes of at least 4 members (excludes halogenated alkanes) is 19. The van der Waals surface area contributed by atoms with Crippen LogP contribution in [0.25, 0.3) is 0 Å². The van der Waals surface area contributed by atoms with Crippen molar-refractivity contribution in [3.63, 3.8) is 0 Å². The van der Waals surface area contributed by atoms with Crippen LogP contribution in [-0.4, -0.2) is 0 Å². The topological polar surface area (TPSA) is 0 Å². The SMILES string of the molecule is CCCCCCCCCCC(CCCCCCCCC)C(CCCCCCCCC)(c1ccccc1)c1ccccc1. The van der Waals surface area contributed by atoms with Crippen LogP contribution in [0.4, 0.5) is 0 Å². The quantitative estimate of drug-likeness (QED) is 0.0886. The highest BCUT2D eigenvalue weighted by molar-refractivity contribution is 5.40. The zero-order valence-electron chi connectivity index (χ0n) is 28.5. The lowest BCUT2D eigenvalue weighted by Crippen LogP contribution is -2.37. The van der Waals surface area contributed by atoms with Crippen molar-refractivity contribution in [3.05, 3.63) is 71.8 Å². The molecule has 0 heteroatoms. The number of rotatable bonds is 28. The maximum atomic E-state index is 2.47. The Balaban J connectivity index is 2.23. The Labute approximate surface area is 263 Å². The normalized spacial score (nSPS) is 12.5. The Morgan fingerprint density at radius 1 is 0.381 bits per heavy atom. The molecule has 1 unspecified atom stereocenters. The first-order chi connectivity index (χ1) is 20.8. The highest BCUT2D eigenvalue weighted by atomic mass is 14.4. The molecule has 42 heavy (non-hydrogen) atoms.